The number of hydrogen-bond donors (Lipinski definition) is 1. The summed E-state index contributed by atoms with van der Waals surface area (Å²) in [7, 11) is 0. The monoisotopic (exact) mass is 171 g/mol. The SMILES string of the molecule is C1CC(NCC2CCSC2)C1. The highest BCUT2D eigenvalue weighted by molar-refractivity contribution is 7.99. The van der Waals surface area contributed by atoms with Crippen molar-refractivity contribution in [1.82, 2.24) is 5.32 Å². The fourth-order valence-corrected chi connectivity index (χ4v) is 2.97. The Labute approximate surface area is 73.3 Å². The topological polar surface area (TPSA) is 12.0 Å². The first-order chi connectivity index (χ1) is 5.45. The molecular weight excluding hydrogens is 154 g/mol. The van der Waals surface area contributed by atoms with Crippen LogP contribution in [0.1, 0.15) is 25.7 Å². The smallest absolute Gasteiger partial charge is 0.00672 e. The van der Waals surface area contributed by atoms with Crippen LogP contribution in [0.3, 0.4) is 0 Å². The molecule has 1 atom stereocenters. The molecule has 2 aliphatic rings. The van der Waals surface area contributed by atoms with E-state index in [1.165, 1.54) is 43.7 Å². The van der Waals surface area contributed by atoms with Crippen molar-refractivity contribution < 1.29 is 0 Å². The number of hydrogen-bond acceptors (Lipinski definition) is 2. The molecule has 11 heavy (non-hydrogen) atoms. The maximum absolute atomic E-state index is 3.65. The molecule has 2 heteroatoms. The molecule has 1 saturated heterocycles. The van der Waals surface area contributed by atoms with Crippen LogP contribution in [0.25, 0.3) is 0 Å². The minimum Gasteiger partial charge on any atom is -0.314 e. The first-order valence-corrected chi connectivity index (χ1v) is 5.92. The molecule has 0 radical (unpaired) electrons. The van der Waals surface area contributed by atoms with Crippen LogP contribution < -0.4 is 5.32 Å². The molecule has 2 rings (SSSR count). The molecule has 0 spiro atoms. The lowest BCUT2D eigenvalue weighted by molar-refractivity contribution is 0.322. The Hall–Kier alpha value is 0.310. The lowest BCUT2D eigenvalue weighted by Crippen LogP contribution is -2.38. The van der Waals surface area contributed by atoms with Crippen LogP contribution >= 0.6 is 11.8 Å². The van der Waals surface area contributed by atoms with E-state index >= 15 is 0 Å². The summed E-state index contributed by atoms with van der Waals surface area (Å²) in [5, 5.41) is 3.65. The third-order valence-corrected chi connectivity index (χ3v) is 4.06. The lowest BCUT2D eigenvalue weighted by Gasteiger charge is -2.27. The van der Waals surface area contributed by atoms with Gasteiger partial charge in [-0.2, -0.15) is 11.8 Å². The Morgan fingerprint density at radius 1 is 1.27 bits per heavy atom. The van der Waals surface area contributed by atoms with Gasteiger partial charge in [0.15, 0.2) is 0 Å². The molecule has 2 fully saturated rings. The van der Waals surface area contributed by atoms with E-state index in [9.17, 15) is 0 Å². The summed E-state index contributed by atoms with van der Waals surface area (Å²) in [6, 6.07) is 0.889. The molecule has 0 aromatic carbocycles. The summed E-state index contributed by atoms with van der Waals surface area (Å²) >= 11 is 2.12. The second kappa shape index (κ2) is 3.81. The average Bonchev–Trinajstić information content (AvgIpc) is 2.36. The average molecular weight is 171 g/mol. The van der Waals surface area contributed by atoms with Crippen molar-refractivity contribution in [3.05, 3.63) is 0 Å². The Morgan fingerprint density at radius 3 is 2.73 bits per heavy atom. The molecule has 1 aliphatic carbocycles. The third-order valence-electron chi connectivity index (χ3n) is 2.82. The van der Waals surface area contributed by atoms with Crippen LogP contribution in [0, 0.1) is 5.92 Å². The van der Waals surface area contributed by atoms with Crippen molar-refractivity contribution in [2.45, 2.75) is 31.7 Å². The number of rotatable bonds is 3. The maximum Gasteiger partial charge on any atom is 0.00672 e. The van der Waals surface area contributed by atoms with E-state index in [0.717, 1.165) is 12.0 Å². The molecule has 1 N–H and O–H groups in total. The standard InChI is InChI=1S/C9H17NS/c1-2-9(3-1)10-6-8-4-5-11-7-8/h8-10H,1-7H2. The molecule has 0 aromatic heterocycles. The minimum atomic E-state index is 0.889. The van der Waals surface area contributed by atoms with Gasteiger partial charge in [0.25, 0.3) is 0 Å². The quantitative estimate of drug-likeness (QED) is 0.696. The van der Waals surface area contributed by atoms with E-state index in [4.69, 9.17) is 0 Å². The molecule has 1 saturated carbocycles. The van der Waals surface area contributed by atoms with E-state index in [0.29, 0.717) is 0 Å². The van der Waals surface area contributed by atoms with Gasteiger partial charge in [0.2, 0.25) is 0 Å². The van der Waals surface area contributed by atoms with Gasteiger partial charge >= 0.3 is 0 Å². The van der Waals surface area contributed by atoms with Crippen LogP contribution in [0.5, 0.6) is 0 Å². The van der Waals surface area contributed by atoms with Gasteiger partial charge < -0.3 is 5.32 Å². The number of nitrogens with one attached hydrogen (secondary N) is 1. The molecule has 1 nitrogen and oxygen atoms in total. The molecule has 1 unspecified atom stereocenters. The highest BCUT2D eigenvalue weighted by Crippen LogP contribution is 2.24. The van der Waals surface area contributed by atoms with Crippen LogP contribution in [-0.2, 0) is 0 Å². The van der Waals surface area contributed by atoms with Crippen LogP contribution in [0.4, 0.5) is 0 Å². The van der Waals surface area contributed by atoms with Crippen molar-refractivity contribution in [2.24, 2.45) is 5.92 Å². The van der Waals surface area contributed by atoms with Gasteiger partial charge in [-0.05, 0) is 43.2 Å². The van der Waals surface area contributed by atoms with Gasteiger partial charge in [-0.3, -0.25) is 0 Å². The Kier molecular flexibility index (Phi) is 2.75. The Balaban J connectivity index is 1.57. The van der Waals surface area contributed by atoms with Gasteiger partial charge in [0.05, 0.1) is 0 Å². The summed E-state index contributed by atoms with van der Waals surface area (Å²) < 4.78 is 0. The predicted octanol–water partition coefficient (Wildman–Crippen LogP) is 1.88. The molecule has 1 heterocycles. The zero-order chi connectivity index (χ0) is 7.52. The van der Waals surface area contributed by atoms with Gasteiger partial charge in [0.1, 0.15) is 0 Å². The van der Waals surface area contributed by atoms with E-state index in [1.54, 1.807) is 0 Å². The second-order valence-electron chi connectivity index (χ2n) is 3.77. The van der Waals surface area contributed by atoms with Gasteiger partial charge in [-0.25, -0.2) is 0 Å². The summed E-state index contributed by atoms with van der Waals surface area (Å²) in [4.78, 5) is 0. The highest BCUT2D eigenvalue weighted by Gasteiger charge is 2.20. The van der Waals surface area contributed by atoms with E-state index in [-0.39, 0.29) is 0 Å². The van der Waals surface area contributed by atoms with Crippen molar-refractivity contribution in [1.29, 1.82) is 0 Å². The van der Waals surface area contributed by atoms with Gasteiger partial charge in [0, 0.05) is 6.04 Å². The van der Waals surface area contributed by atoms with Crippen molar-refractivity contribution in [3.63, 3.8) is 0 Å². The van der Waals surface area contributed by atoms with Gasteiger partial charge in [-0.15, -0.1) is 0 Å². The molecule has 1 aliphatic heterocycles. The van der Waals surface area contributed by atoms with Gasteiger partial charge in [-0.1, -0.05) is 6.42 Å². The van der Waals surface area contributed by atoms with E-state index in [1.807, 2.05) is 0 Å². The highest BCUT2D eigenvalue weighted by atomic mass is 32.2. The zero-order valence-corrected chi connectivity index (χ0v) is 7.83. The summed E-state index contributed by atoms with van der Waals surface area (Å²) in [5.74, 6) is 3.79. The molecule has 0 aromatic rings. The summed E-state index contributed by atoms with van der Waals surface area (Å²) in [6.45, 7) is 1.29. The second-order valence-corrected chi connectivity index (χ2v) is 4.92. The predicted molar refractivity (Wildman–Crippen MR) is 51.1 cm³/mol. The lowest BCUT2D eigenvalue weighted by atomic mass is 9.92. The van der Waals surface area contributed by atoms with Crippen LogP contribution in [0.15, 0.2) is 0 Å². The number of thioether (sulfide) groups is 1. The van der Waals surface area contributed by atoms with E-state index < -0.39 is 0 Å². The molecule has 64 valence electrons. The first-order valence-electron chi connectivity index (χ1n) is 4.76. The first kappa shape index (κ1) is 7.93. The zero-order valence-electron chi connectivity index (χ0n) is 7.01. The largest absolute Gasteiger partial charge is 0.314 e. The fraction of sp³-hybridized carbons (Fsp3) is 1.00. The van der Waals surface area contributed by atoms with Crippen molar-refractivity contribution >= 4 is 11.8 Å². The Morgan fingerprint density at radius 2 is 2.18 bits per heavy atom. The van der Waals surface area contributed by atoms with Crippen LogP contribution in [0.2, 0.25) is 0 Å². The Bertz CT molecular complexity index is 117. The third kappa shape index (κ3) is 2.12. The van der Waals surface area contributed by atoms with Crippen molar-refractivity contribution in [3.8, 4) is 0 Å². The normalized spacial score (nSPS) is 32.2. The maximum atomic E-state index is 3.65. The summed E-state index contributed by atoms with van der Waals surface area (Å²) in [5.41, 5.74) is 0. The molecule has 0 amide bonds. The minimum absolute atomic E-state index is 0.889. The van der Waals surface area contributed by atoms with Crippen molar-refractivity contribution in [2.75, 3.05) is 18.1 Å². The molecular formula is C9H17NS. The summed E-state index contributed by atoms with van der Waals surface area (Å²) in [6.07, 6.45) is 5.77. The van der Waals surface area contributed by atoms with Crippen LogP contribution in [-0.4, -0.2) is 24.1 Å². The molecule has 0 bridgehead atoms. The fourth-order valence-electron chi connectivity index (χ4n) is 1.69. The van der Waals surface area contributed by atoms with E-state index in [2.05, 4.69) is 17.1 Å².